The third-order valence-corrected chi connectivity index (χ3v) is 7.03. The van der Waals surface area contributed by atoms with Crippen LogP contribution in [0.5, 0.6) is 5.75 Å². The van der Waals surface area contributed by atoms with Crippen molar-refractivity contribution in [1.82, 2.24) is 9.78 Å². The van der Waals surface area contributed by atoms with Gasteiger partial charge in [0.1, 0.15) is 11.3 Å². The highest BCUT2D eigenvalue weighted by molar-refractivity contribution is 5.94. The molecule has 0 saturated heterocycles. The number of aromatic hydroxyl groups is 1. The Balaban J connectivity index is 1.49. The van der Waals surface area contributed by atoms with Gasteiger partial charge in [0.15, 0.2) is 5.69 Å². The monoisotopic (exact) mass is 496 g/mol. The molecule has 188 valence electrons. The summed E-state index contributed by atoms with van der Waals surface area (Å²) < 4.78 is 1.51. The van der Waals surface area contributed by atoms with Gasteiger partial charge < -0.3 is 10.2 Å². The number of aromatic nitrogens is 2. The number of hydrogen-bond acceptors (Lipinski definition) is 5. The van der Waals surface area contributed by atoms with Crippen LogP contribution in [0.1, 0.15) is 58.4 Å². The molecule has 4 aromatic rings. The zero-order chi connectivity index (χ0) is 26.3. The van der Waals surface area contributed by atoms with Crippen LogP contribution < -0.4 is 5.56 Å². The number of fused-ring (bicyclic) bond motifs is 1. The van der Waals surface area contributed by atoms with Gasteiger partial charge >= 0.3 is 5.97 Å². The Morgan fingerprint density at radius 3 is 2.68 bits per heavy atom. The minimum Gasteiger partial charge on any atom is -0.506 e. The fourth-order valence-corrected chi connectivity index (χ4v) is 5.11. The lowest BCUT2D eigenvalue weighted by Crippen LogP contribution is -2.14. The molecular weight excluding hydrogens is 468 g/mol. The summed E-state index contributed by atoms with van der Waals surface area (Å²) in [5.74, 6) is -1.00. The number of para-hydroxylation sites is 1. The number of nitrogens with zero attached hydrogens (tertiary/aromatic N) is 3. The van der Waals surface area contributed by atoms with Crippen molar-refractivity contribution in [1.29, 1.82) is 0 Å². The molecule has 0 radical (unpaired) electrons. The van der Waals surface area contributed by atoms with Crippen molar-refractivity contribution in [3.63, 3.8) is 0 Å². The normalized spacial score (nSPS) is 14.8. The van der Waals surface area contributed by atoms with Crippen LogP contribution in [0.3, 0.4) is 0 Å². The number of benzene rings is 3. The number of aromatic carboxylic acids is 1. The van der Waals surface area contributed by atoms with Gasteiger partial charge in [0, 0.05) is 5.56 Å². The molecule has 5 rings (SSSR count). The van der Waals surface area contributed by atoms with Crippen molar-refractivity contribution in [2.45, 2.75) is 46.0 Å². The molecule has 8 nitrogen and oxygen atoms in total. The van der Waals surface area contributed by atoms with E-state index in [1.54, 1.807) is 31.2 Å². The summed E-state index contributed by atoms with van der Waals surface area (Å²) in [6, 6.07) is 16.1. The number of rotatable bonds is 6. The lowest BCUT2D eigenvalue weighted by atomic mass is 9.98. The van der Waals surface area contributed by atoms with Crippen LogP contribution in [0.2, 0.25) is 0 Å². The molecule has 0 bridgehead atoms. The number of carboxylic acid groups (broad SMARTS) is 1. The SMILES string of the molecule is CCC1CCc2ccc(-n3[nH]c(C)c(N=Nc4cc(C)cc(-c5cccc(C(=O)O)c5O)c4)c3=O)cc21. The second-order valence-electron chi connectivity index (χ2n) is 9.52. The lowest BCUT2D eigenvalue weighted by molar-refractivity contribution is 0.0694. The van der Waals surface area contributed by atoms with Gasteiger partial charge in [-0.05, 0) is 91.6 Å². The molecule has 0 spiro atoms. The van der Waals surface area contributed by atoms with E-state index in [4.69, 9.17) is 0 Å². The zero-order valence-corrected chi connectivity index (χ0v) is 20.9. The van der Waals surface area contributed by atoms with Crippen molar-refractivity contribution < 1.29 is 15.0 Å². The molecule has 1 unspecified atom stereocenters. The maximum atomic E-state index is 13.3. The maximum absolute atomic E-state index is 13.3. The van der Waals surface area contributed by atoms with E-state index >= 15 is 0 Å². The van der Waals surface area contributed by atoms with Crippen molar-refractivity contribution in [3.05, 3.63) is 92.9 Å². The Hall–Kier alpha value is -4.46. The Bertz CT molecular complexity index is 1610. The standard InChI is InChI=1S/C29H28N4O4/c1-4-18-8-9-19-10-11-22(15-25(18)19)33-28(35)26(17(3)32-33)31-30-21-13-16(2)12-20(14-21)23-6-5-7-24(27(23)34)29(36)37/h5-7,10-15,18,32,34H,4,8-9H2,1-3H3,(H,36,37). The summed E-state index contributed by atoms with van der Waals surface area (Å²) in [6.07, 6.45) is 3.29. The minimum absolute atomic E-state index is 0.178. The molecule has 1 atom stereocenters. The van der Waals surface area contributed by atoms with Crippen LogP contribution in [0.4, 0.5) is 11.4 Å². The van der Waals surface area contributed by atoms with Gasteiger partial charge in [-0.2, -0.15) is 5.11 Å². The second-order valence-corrected chi connectivity index (χ2v) is 9.52. The summed E-state index contributed by atoms with van der Waals surface area (Å²) in [5.41, 5.74) is 6.08. The first-order chi connectivity index (χ1) is 17.8. The highest BCUT2D eigenvalue weighted by atomic mass is 16.4. The highest BCUT2D eigenvalue weighted by Crippen LogP contribution is 2.37. The van der Waals surface area contributed by atoms with Crippen LogP contribution in [-0.2, 0) is 6.42 Å². The summed E-state index contributed by atoms with van der Waals surface area (Å²) in [6.45, 7) is 5.84. The largest absolute Gasteiger partial charge is 0.506 e. The van der Waals surface area contributed by atoms with E-state index in [9.17, 15) is 19.8 Å². The molecule has 0 amide bonds. The van der Waals surface area contributed by atoms with Crippen molar-refractivity contribution in [2.75, 3.05) is 0 Å². The number of carbonyl (C=O) groups is 1. The van der Waals surface area contributed by atoms with E-state index in [0.717, 1.165) is 30.5 Å². The lowest BCUT2D eigenvalue weighted by Gasteiger charge is -2.10. The maximum Gasteiger partial charge on any atom is 0.339 e. The van der Waals surface area contributed by atoms with Gasteiger partial charge in [0.05, 0.1) is 17.1 Å². The molecule has 1 aliphatic carbocycles. The van der Waals surface area contributed by atoms with Gasteiger partial charge in [-0.25, -0.2) is 9.48 Å². The van der Waals surface area contributed by atoms with Crippen LogP contribution >= 0.6 is 0 Å². The summed E-state index contributed by atoms with van der Waals surface area (Å²) in [4.78, 5) is 24.7. The van der Waals surface area contributed by atoms with E-state index in [0.29, 0.717) is 28.4 Å². The predicted octanol–water partition coefficient (Wildman–Crippen LogP) is 6.71. The first kappa shape index (κ1) is 24.2. The third-order valence-electron chi connectivity index (χ3n) is 7.03. The van der Waals surface area contributed by atoms with E-state index in [2.05, 4.69) is 34.4 Å². The molecule has 0 aliphatic heterocycles. The van der Waals surface area contributed by atoms with Gasteiger partial charge in [-0.15, -0.1) is 5.11 Å². The minimum atomic E-state index is -1.21. The number of azo groups is 1. The van der Waals surface area contributed by atoms with E-state index in [1.165, 1.54) is 21.9 Å². The Kier molecular flexibility index (Phi) is 6.25. The average Bonchev–Trinajstić information content (AvgIpc) is 3.41. The molecule has 1 aromatic heterocycles. The summed E-state index contributed by atoms with van der Waals surface area (Å²) >= 11 is 0. The smallest absolute Gasteiger partial charge is 0.339 e. The molecular formula is C29H28N4O4. The van der Waals surface area contributed by atoms with Crippen LogP contribution in [0, 0.1) is 13.8 Å². The zero-order valence-electron chi connectivity index (χ0n) is 20.9. The van der Waals surface area contributed by atoms with Crippen molar-refractivity contribution >= 4 is 17.3 Å². The molecule has 3 aromatic carbocycles. The predicted molar refractivity (Wildman–Crippen MR) is 142 cm³/mol. The van der Waals surface area contributed by atoms with E-state index < -0.39 is 5.97 Å². The molecule has 1 heterocycles. The van der Waals surface area contributed by atoms with E-state index in [-0.39, 0.29) is 22.6 Å². The van der Waals surface area contributed by atoms with Crippen molar-refractivity contribution in [2.24, 2.45) is 10.2 Å². The molecule has 0 fully saturated rings. The first-order valence-electron chi connectivity index (χ1n) is 12.3. The number of phenols is 1. The molecule has 37 heavy (non-hydrogen) atoms. The number of aryl methyl sites for hydroxylation is 3. The fraction of sp³-hybridized carbons (Fsp3) is 0.241. The van der Waals surface area contributed by atoms with E-state index in [1.807, 2.05) is 19.1 Å². The number of H-pyrrole nitrogens is 1. The molecule has 3 N–H and O–H groups in total. The van der Waals surface area contributed by atoms with Gasteiger partial charge in [0.2, 0.25) is 0 Å². The van der Waals surface area contributed by atoms with Crippen LogP contribution in [-0.4, -0.2) is 26.0 Å². The highest BCUT2D eigenvalue weighted by Gasteiger charge is 2.22. The Labute approximate surface area is 213 Å². The number of nitrogens with one attached hydrogen (secondary N) is 1. The number of carboxylic acids is 1. The Morgan fingerprint density at radius 2 is 1.92 bits per heavy atom. The molecule has 8 heteroatoms. The van der Waals surface area contributed by atoms with Gasteiger partial charge in [0.25, 0.3) is 5.56 Å². The average molecular weight is 497 g/mol. The summed E-state index contributed by atoms with van der Waals surface area (Å²) in [7, 11) is 0. The van der Waals surface area contributed by atoms with Crippen LogP contribution in [0.15, 0.2) is 69.6 Å². The first-order valence-corrected chi connectivity index (χ1v) is 12.3. The quantitative estimate of drug-likeness (QED) is 0.257. The molecule has 1 aliphatic rings. The number of hydrogen-bond donors (Lipinski definition) is 3. The second kappa shape index (κ2) is 9.54. The van der Waals surface area contributed by atoms with Crippen molar-refractivity contribution in [3.8, 4) is 22.6 Å². The number of aromatic amines is 1. The Morgan fingerprint density at radius 1 is 1.11 bits per heavy atom. The summed E-state index contributed by atoms with van der Waals surface area (Å²) in [5, 5.41) is 31.5. The topological polar surface area (TPSA) is 120 Å². The fourth-order valence-electron chi connectivity index (χ4n) is 5.11. The van der Waals surface area contributed by atoms with Gasteiger partial charge in [-0.1, -0.05) is 31.2 Å². The third kappa shape index (κ3) is 4.46. The van der Waals surface area contributed by atoms with Crippen LogP contribution in [0.25, 0.3) is 16.8 Å². The van der Waals surface area contributed by atoms with Gasteiger partial charge in [-0.3, -0.25) is 9.89 Å². The molecule has 0 saturated carbocycles.